The van der Waals surface area contributed by atoms with E-state index >= 15 is 0 Å². The van der Waals surface area contributed by atoms with Gasteiger partial charge in [0.05, 0.1) is 25.4 Å². The van der Waals surface area contributed by atoms with Crippen molar-refractivity contribution < 1.29 is 13.9 Å². The quantitative estimate of drug-likeness (QED) is 0.664. The van der Waals surface area contributed by atoms with Gasteiger partial charge in [-0.2, -0.15) is 0 Å². The third-order valence-corrected chi connectivity index (χ3v) is 3.96. The van der Waals surface area contributed by atoms with Gasteiger partial charge < -0.3 is 15.4 Å². The van der Waals surface area contributed by atoms with Crippen molar-refractivity contribution in [2.45, 2.75) is 13.0 Å². The third kappa shape index (κ3) is 5.28. The second-order valence-electron chi connectivity index (χ2n) is 5.95. The molecule has 0 aliphatic rings. The van der Waals surface area contributed by atoms with Gasteiger partial charge in [0.25, 0.3) is 0 Å². The highest BCUT2D eigenvalue weighted by atomic mass is 19.1. The van der Waals surface area contributed by atoms with Crippen LogP contribution in [0.5, 0.6) is 5.75 Å². The molecule has 0 radical (unpaired) electrons. The number of halogens is 1. The molecule has 1 aromatic heterocycles. The standard InChI is InChI=1S/C21H20FN3O2/c1-27-19-8-3-2-6-16(19)13-23-18-9-10-20(24-14-18)25-21(26)12-15-5-4-7-17(22)11-15/h2-11,14,23H,12-13H2,1H3,(H,24,25,26). The molecule has 1 amide bonds. The van der Waals surface area contributed by atoms with Crippen molar-refractivity contribution in [3.63, 3.8) is 0 Å². The summed E-state index contributed by atoms with van der Waals surface area (Å²) in [6.07, 6.45) is 1.74. The maximum Gasteiger partial charge on any atom is 0.229 e. The van der Waals surface area contributed by atoms with Crippen molar-refractivity contribution in [1.82, 2.24) is 4.98 Å². The van der Waals surface area contributed by atoms with E-state index in [-0.39, 0.29) is 18.1 Å². The van der Waals surface area contributed by atoms with Gasteiger partial charge in [0, 0.05) is 12.1 Å². The lowest BCUT2D eigenvalue weighted by molar-refractivity contribution is -0.115. The van der Waals surface area contributed by atoms with Gasteiger partial charge in [-0.3, -0.25) is 4.79 Å². The van der Waals surface area contributed by atoms with Crippen LogP contribution in [0.3, 0.4) is 0 Å². The largest absolute Gasteiger partial charge is 0.496 e. The highest BCUT2D eigenvalue weighted by molar-refractivity contribution is 5.91. The minimum absolute atomic E-state index is 0.0905. The highest BCUT2D eigenvalue weighted by Gasteiger charge is 2.06. The Balaban J connectivity index is 1.54. The number of para-hydroxylation sites is 1. The first-order valence-electron chi connectivity index (χ1n) is 8.50. The number of pyridine rings is 1. The summed E-state index contributed by atoms with van der Waals surface area (Å²) in [6.45, 7) is 0.594. The number of nitrogens with one attached hydrogen (secondary N) is 2. The fourth-order valence-corrected chi connectivity index (χ4v) is 2.64. The lowest BCUT2D eigenvalue weighted by Crippen LogP contribution is -2.15. The summed E-state index contributed by atoms with van der Waals surface area (Å²) >= 11 is 0. The van der Waals surface area contributed by atoms with Crippen LogP contribution in [-0.4, -0.2) is 18.0 Å². The number of hydrogen-bond donors (Lipinski definition) is 2. The zero-order valence-corrected chi connectivity index (χ0v) is 14.9. The second-order valence-corrected chi connectivity index (χ2v) is 5.95. The van der Waals surface area contributed by atoms with E-state index in [9.17, 15) is 9.18 Å². The number of hydrogen-bond acceptors (Lipinski definition) is 4. The van der Waals surface area contributed by atoms with Crippen molar-refractivity contribution in [3.8, 4) is 5.75 Å². The molecule has 2 aromatic carbocycles. The first-order valence-corrected chi connectivity index (χ1v) is 8.50. The molecule has 0 aliphatic carbocycles. The van der Waals surface area contributed by atoms with E-state index in [4.69, 9.17) is 4.74 Å². The molecule has 2 N–H and O–H groups in total. The van der Waals surface area contributed by atoms with E-state index in [0.29, 0.717) is 17.9 Å². The fourth-order valence-electron chi connectivity index (χ4n) is 2.64. The zero-order valence-electron chi connectivity index (χ0n) is 14.9. The van der Waals surface area contributed by atoms with E-state index in [1.807, 2.05) is 30.3 Å². The van der Waals surface area contributed by atoms with E-state index in [1.54, 1.807) is 31.5 Å². The van der Waals surface area contributed by atoms with Gasteiger partial charge in [-0.15, -0.1) is 0 Å². The van der Waals surface area contributed by atoms with Crippen molar-refractivity contribution in [2.75, 3.05) is 17.7 Å². The average Bonchev–Trinajstić information content (AvgIpc) is 2.67. The Bertz CT molecular complexity index is 913. The van der Waals surface area contributed by atoms with Crippen LogP contribution in [0.2, 0.25) is 0 Å². The molecular formula is C21H20FN3O2. The summed E-state index contributed by atoms with van der Waals surface area (Å²) in [5.41, 5.74) is 2.47. The molecule has 3 aromatic rings. The first-order chi connectivity index (χ1) is 13.1. The van der Waals surface area contributed by atoms with Crippen molar-refractivity contribution in [1.29, 1.82) is 0 Å². The number of amides is 1. The number of carbonyl (C=O) groups is 1. The summed E-state index contributed by atoms with van der Waals surface area (Å²) in [5, 5.41) is 5.97. The second kappa shape index (κ2) is 8.80. The molecular weight excluding hydrogens is 345 g/mol. The van der Waals surface area contributed by atoms with E-state index in [2.05, 4.69) is 15.6 Å². The molecule has 0 unspecified atom stereocenters. The van der Waals surface area contributed by atoms with Crippen molar-refractivity contribution in [2.24, 2.45) is 0 Å². The topological polar surface area (TPSA) is 63.2 Å². The highest BCUT2D eigenvalue weighted by Crippen LogP contribution is 2.19. The summed E-state index contributed by atoms with van der Waals surface area (Å²) in [4.78, 5) is 16.3. The number of rotatable bonds is 7. The summed E-state index contributed by atoms with van der Waals surface area (Å²) < 4.78 is 18.5. The predicted molar refractivity (Wildman–Crippen MR) is 103 cm³/mol. The minimum Gasteiger partial charge on any atom is -0.496 e. The number of carbonyl (C=O) groups excluding carboxylic acids is 1. The molecule has 0 spiro atoms. The molecule has 0 bridgehead atoms. The lowest BCUT2D eigenvalue weighted by Gasteiger charge is -2.11. The Morgan fingerprint density at radius 3 is 2.70 bits per heavy atom. The number of nitrogens with zero attached hydrogens (tertiary/aromatic N) is 1. The van der Waals surface area contributed by atoms with Crippen LogP contribution in [-0.2, 0) is 17.8 Å². The molecule has 0 atom stereocenters. The van der Waals surface area contributed by atoms with Gasteiger partial charge in [0.1, 0.15) is 17.4 Å². The Labute approximate surface area is 157 Å². The summed E-state index contributed by atoms with van der Waals surface area (Å²) in [7, 11) is 1.64. The lowest BCUT2D eigenvalue weighted by atomic mass is 10.1. The van der Waals surface area contributed by atoms with Crippen LogP contribution in [0.25, 0.3) is 0 Å². The normalized spacial score (nSPS) is 10.3. The molecule has 0 fully saturated rings. The van der Waals surface area contributed by atoms with Crippen LogP contribution < -0.4 is 15.4 Å². The number of aromatic nitrogens is 1. The van der Waals surface area contributed by atoms with E-state index in [0.717, 1.165) is 17.0 Å². The van der Waals surface area contributed by atoms with Crippen LogP contribution in [0.1, 0.15) is 11.1 Å². The van der Waals surface area contributed by atoms with Crippen LogP contribution in [0, 0.1) is 5.82 Å². The van der Waals surface area contributed by atoms with Gasteiger partial charge >= 0.3 is 0 Å². The molecule has 1 heterocycles. The Hall–Kier alpha value is -3.41. The average molecular weight is 365 g/mol. The summed E-state index contributed by atoms with van der Waals surface area (Å²) in [6, 6.07) is 17.3. The maximum absolute atomic E-state index is 13.2. The smallest absolute Gasteiger partial charge is 0.229 e. The molecule has 3 rings (SSSR count). The van der Waals surface area contributed by atoms with Gasteiger partial charge in [-0.25, -0.2) is 9.37 Å². The van der Waals surface area contributed by atoms with Crippen molar-refractivity contribution in [3.05, 3.63) is 83.8 Å². The van der Waals surface area contributed by atoms with Gasteiger partial charge in [0.15, 0.2) is 0 Å². The number of ether oxygens (including phenoxy) is 1. The molecule has 6 heteroatoms. The molecule has 0 saturated heterocycles. The Morgan fingerprint density at radius 2 is 1.96 bits per heavy atom. The molecule has 27 heavy (non-hydrogen) atoms. The Morgan fingerprint density at radius 1 is 1.11 bits per heavy atom. The van der Waals surface area contributed by atoms with E-state index in [1.165, 1.54) is 12.1 Å². The molecule has 0 aliphatic heterocycles. The third-order valence-electron chi connectivity index (χ3n) is 3.96. The van der Waals surface area contributed by atoms with Crippen LogP contribution >= 0.6 is 0 Å². The Kier molecular flexibility index (Phi) is 5.99. The summed E-state index contributed by atoms with van der Waals surface area (Å²) in [5.74, 6) is 0.658. The first kappa shape index (κ1) is 18.4. The van der Waals surface area contributed by atoms with Gasteiger partial charge in [-0.1, -0.05) is 30.3 Å². The molecule has 138 valence electrons. The van der Waals surface area contributed by atoms with Gasteiger partial charge in [0.2, 0.25) is 5.91 Å². The SMILES string of the molecule is COc1ccccc1CNc1ccc(NC(=O)Cc2cccc(F)c2)nc1. The molecule has 5 nitrogen and oxygen atoms in total. The van der Waals surface area contributed by atoms with Crippen LogP contribution in [0.4, 0.5) is 15.9 Å². The zero-order chi connectivity index (χ0) is 19.1. The number of anilines is 2. The maximum atomic E-state index is 13.2. The fraction of sp³-hybridized carbons (Fsp3) is 0.143. The van der Waals surface area contributed by atoms with Gasteiger partial charge in [-0.05, 0) is 35.9 Å². The molecule has 0 saturated carbocycles. The number of benzene rings is 2. The minimum atomic E-state index is -0.358. The predicted octanol–water partition coefficient (Wildman–Crippen LogP) is 4.02. The van der Waals surface area contributed by atoms with E-state index < -0.39 is 0 Å². The number of methoxy groups -OCH3 is 1. The van der Waals surface area contributed by atoms with Crippen molar-refractivity contribution >= 4 is 17.4 Å². The monoisotopic (exact) mass is 365 g/mol. The van der Waals surface area contributed by atoms with Crippen LogP contribution in [0.15, 0.2) is 66.9 Å².